The molecule has 0 aromatic heterocycles. The molecular formula is C16H21F3O. The van der Waals surface area contributed by atoms with Gasteiger partial charge in [-0.3, -0.25) is 4.79 Å². The molecule has 1 atom stereocenters. The van der Waals surface area contributed by atoms with Gasteiger partial charge in [-0.2, -0.15) is 13.2 Å². The van der Waals surface area contributed by atoms with E-state index in [9.17, 15) is 18.0 Å². The van der Waals surface area contributed by atoms with Crippen molar-refractivity contribution in [3.05, 3.63) is 35.9 Å². The molecule has 0 radical (unpaired) electrons. The SMILES string of the molecule is CC(C)(C)CC(=O)CC(Cc1ccccc1)C(F)(F)F. The van der Waals surface area contributed by atoms with Gasteiger partial charge < -0.3 is 0 Å². The van der Waals surface area contributed by atoms with Crippen molar-refractivity contribution in [3.8, 4) is 0 Å². The lowest BCUT2D eigenvalue weighted by atomic mass is 9.85. The number of halogens is 3. The van der Waals surface area contributed by atoms with Gasteiger partial charge in [-0.25, -0.2) is 0 Å². The number of rotatable bonds is 5. The largest absolute Gasteiger partial charge is 0.392 e. The predicted molar refractivity (Wildman–Crippen MR) is 73.4 cm³/mol. The third-order valence-corrected chi connectivity index (χ3v) is 2.99. The Morgan fingerprint density at radius 2 is 1.65 bits per heavy atom. The maximum Gasteiger partial charge on any atom is 0.392 e. The number of benzene rings is 1. The smallest absolute Gasteiger partial charge is 0.300 e. The summed E-state index contributed by atoms with van der Waals surface area (Å²) in [6, 6.07) is 8.50. The van der Waals surface area contributed by atoms with Crippen LogP contribution in [0.5, 0.6) is 0 Å². The van der Waals surface area contributed by atoms with Gasteiger partial charge in [0.05, 0.1) is 5.92 Å². The molecule has 4 heteroatoms. The van der Waals surface area contributed by atoms with Gasteiger partial charge in [-0.05, 0) is 17.4 Å². The molecule has 0 amide bonds. The van der Waals surface area contributed by atoms with E-state index in [1.165, 1.54) is 0 Å². The molecule has 1 aromatic rings. The van der Waals surface area contributed by atoms with E-state index in [-0.39, 0.29) is 24.0 Å². The van der Waals surface area contributed by atoms with Crippen molar-refractivity contribution in [3.63, 3.8) is 0 Å². The summed E-state index contributed by atoms with van der Waals surface area (Å²) < 4.78 is 39.1. The highest BCUT2D eigenvalue weighted by molar-refractivity contribution is 5.79. The van der Waals surface area contributed by atoms with Gasteiger partial charge in [0.15, 0.2) is 0 Å². The molecule has 0 aliphatic rings. The Labute approximate surface area is 118 Å². The molecule has 1 nitrogen and oxygen atoms in total. The van der Waals surface area contributed by atoms with E-state index in [1.807, 2.05) is 20.8 Å². The summed E-state index contributed by atoms with van der Waals surface area (Å²) in [5.41, 5.74) is 0.332. The molecule has 0 bridgehead atoms. The zero-order chi connectivity index (χ0) is 15.4. The van der Waals surface area contributed by atoms with Gasteiger partial charge in [-0.1, -0.05) is 51.1 Å². The minimum Gasteiger partial charge on any atom is -0.300 e. The van der Waals surface area contributed by atoms with Gasteiger partial charge in [0.2, 0.25) is 0 Å². The average Bonchev–Trinajstić information content (AvgIpc) is 2.25. The van der Waals surface area contributed by atoms with Gasteiger partial charge in [0, 0.05) is 12.8 Å². The number of alkyl halides is 3. The normalized spacial score (nSPS) is 14.1. The fraction of sp³-hybridized carbons (Fsp3) is 0.562. The highest BCUT2D eigenvalue weighted by atomic mass is 19.4. The Morgan fingerprint density at radius 3 is 2.10 bits per heavy atom. The summed E-state index contributed by atoms with van der Waals surface area (Å²) in [5, 5.41) is 0. The number of carbonyl (C=O) groups is 1. The topological polar surface area (TPSA) is 17.1 Å². The summed E-state index contributed by atoms with van der Waals surface area (Å²) in [6.07, 6.45) is -4.74. The summed E-state index contributed by atoms with van der Waals surface area (Å²) in [7, 11) is 0. The maximum atomic E-state index is 13.0. The first-order valence-electron chi connectivity index (χ1n) is 6.70. The van der Waals surface area contributed by atoms with Crippen LogP contribution in [0.4, 0.5) is 13.2 Å². The van der Waals surface area contributed by atoms with Gasteiger partial charge >= 0.3 is 6.18 Å². The highest BCUT2D eigenvalue weighted by Crippen LogP contribution is 2.33. The lowest BCUT2D eigenvalue weighted by molar-refractivity contribution is -0.178. The van der Waals surface area contributed by atoms with Crippen molar-refractivity contribution >= 4 is 5.78 Å². The fourth-order valence-electron chi connectivity index (χ4n) is 2.14. The number of Topliss-reactive ketones (excluding diaryl/α,β-unsaturated/α-hetero) is 1. The fourth-order valence-corrected chi connectivity index (χ4v) is 2.14. The zero-order valence-corrected chi connectivity index (χ0v) is 12.1. The van der Waals surface area contributed by atoms with E-state index < -0.39 is 18.5 Å². The summed E-state index contributed by atoms with van der Waals surface area (Å²) >= 11 is 0. The molecule has 1 aromatic carbocycles. The van der Waals surface area contributed by atoms with Crippen LogP contribution < -0.4 is 0 Å². The number of hydrogen-bond donors (Lipinski definition) is 0. The monoisotopic (exact) mass is 286 g/mol. The summed E-state index contributed by atoms with van der Waals surface area (Å²) in [6.45, 7) is 5.56. The van der Waals surface area contributed by atoms with Crippen molar-refractivity contribution < 1.29 is 18.0 Å². The molecule has 0 heterocycles. The molecule has 1 unspecified atom stereocenters. The third kappa shape index (κ3) is 6.22. The standard InChI is InChI=1S/C16H21F3O/c1-15(2,3)11-14(20)10-13(16(17,18)19)9-12-7-5-4-6-8-12/h4-8,13H,9-11H2,1-3H3. The maximum absolute atomic E-state index is 13.0. The second-order valence-corrected chi connectivity index (χ2v) is 6.41. The second kappa shape index (κ2) is 6.42. The van der Waals surface area contributed by atoms with Crippen LogP contribution in [0.25, 0.3) is 0 Å². The van der Waals surface area contributed by atoms with E-state index >= 15 is 0 Å². The molecule has 0 N–H and O–H groups in total. The molecule has 0 saturated heterocycles. The number of ketones is 1. The quantitative estimate of drug-likeness (QED) is 0.759. The molecular weight excluding hydrogens is 265 g/mol. The van der Waals surface area contributed by atoms with Gasteiger partial charge in [0.25, 0.3) is 0 Å². The molecule has 0 spiro atoms. The molecule has 0 saturated carbocycles. The molecule has 0 fully saturated rings. The predicted octanol–water partition coefficient (Wildman–Crippen LogP) is 4.80. The Kier molecular flexibility index (Phi) is 5.37. The van der Waals surface area contributed by atoms with Crippen LogP contribution >= 0.6 is 0 Å². The lowest BCUT2D eigenvalue weighted by Gasteiger charge is -2.22. The third-order valence-electron chi connectivity index (χ3n) is 2.99. The molecule has 0 aliphatic heterocycles. The van der Waals surface area contributed by atoms with Crippen molar-refractivity contribution in [1.82, 2.24) is 0 Å². The van der Waals surface area contributed by atoms with E-state index in [0.29, 0.717) is 5.56 Å². The van der Waals surface area contributed by atoms with Crippen molar-refractivity contribution in [1.29, 1.82) is 0 Å². The summed E-state index contributed by atoms with van der Waals surface area (Å²) in [4.78, 5) is 11.8. The van der Waals surface area contributed by atoms with Crippen LogP contribution in [-0.4, -0.2) is 12.0 Å². The molecule has 1 rings (SSSR count). The molecule has 112 valence electrons. The Morgan fingerprint density at radius 1 is 1.10 bits per heavy atom. The van der Waals surface area contributed by atoms with E-state index in [0.717, 1.165) is 0 Å². The van der Waals surface area contributed by atoms with Crippen molar-refractivity contribution in [2.75, 3.05) is 0 Å². The van der Waals surface area contributed by atoms with E-state index in [4.69, 9.17) is 0 Å². The zero-order valence-electron chi connectivity index (χ0n) is 12.1. The minimum absolute atomic E-state index is 0.139. The van der Waals surface area contributed by atoms with E-state index in [2.05, 4.69) is 0 Å². The van der Waals surface area contributed by atoms with Crippen molar-refractivity contribution in [2.24, 2.45) is 11.3 Å². The molecule has 20 heavy (non-hydrogen) atoms. The lowest BCUT2D eigenvalue weighted by Crippen LogP contribution is -2.28. The number of carbonyl (C=O) groups excluding carboxylic acids is 1. The van der Waals surface area contributed by atoms with Crippen LogP contribution in [-0.2, 0) is 11.2 Å². The van der Waals surface area contributed by atoms with Crippen LogP contribution in [0.3, 0.4) is 0 Å². The Bertz CT molecular complexity index is 429. The first-order valence-corrected chi connectivity index (χ1v) is 6.70. The second-order valence-electron chi connectivity index (χ2n) is 6.41. The number of hydrogen-bond acceptors (Lipinski definition) is 1. The van der Waals surface area contributed by atoms with E-state index in [1.54, 1.807) is 30.3 Å². The van der Waals surface area contributed by atoms with Gasteiger partial charge in [0.1, 0.15) is 5.78 Å². The first kappa shape index (κ1) is 16.7. The van der Waals surface area contributed by atoms with Crippen LogP contribution in [0, 0.1) is 11.3 Å². The Hall–Kier alpha value is -1.32. The van der Waals surface area contributed by atoms with Crippen LogP contribution in [0.15, 0.2) is 30.3 Å². The van der Waals surface area contributed by atoms with Gasteiger partial charge in [-0.15, -0.1) is 0 Å². The Balaban J connectivity index is 2.74. The average molecular weight is 286 g/mol. The minimum atomic E-state index is -4.34. The summed E-state index contributed by atoms with van der Waals surface area (Å²) in [5.74, 6) is -1.92. The van der Waals surface area contributed by atoms with Crippen molar-refractivity contribution in [2.45, 2.75) is 46.2 Å². The molecule has 0 aliphatic carbocycles. The highest BCUT2D eigenvalue weighted by Gasteiger charge is 2.40. The van der Waals surface area contributed by atoms with Crippen LogP contribution in [0.1, 0.15) is 39.2 Å². The van der Waals surface area contributed by atoms with Crippen LogP contribution in [0.2, 0.25) is 0 Å². The first-order chi connectivity index (χ1) is 9.08.